The first kappa shape index (κ1) is 10.3. The van der Waals surface area contributed by atoms with Crippen LogP contribution in [-0.2, 0) is 0 Å². The van der Waals surface area contributed by atoms with Gasteiger partial charge in [-0.2, -0.15) is 0 Å². The van der Waals surface area contributed by atoms with Gasteiger partial charge in [0.2, 0.25) is 0 Å². The largest absolute Gasteiger partial charge is 0.250 e. The van der Waals surface area contributed by atoms with Crippen LogP contribution in [-0.4, -0.2) is 6.67 Å². The van der Waals surface area contributed by atoms with Gasteiger partial charge in [-0.05, 0) is 54.2 Å². The van der Waals surface area contributed by atoms with Crippen LogP contribution in [0, 0.1) is 5.92 Å². The molecule has 16 heavy (non-hydrogen) atoms. The third kappa shape index (κ3) is 2.00. The standard InChI is InChI=1S/C15H18F/c1-10(9-16)13-6-14(11-2-3-11)8-15(7-13)12-4-5-12/h6-8,11-12H,2-5,9H2,1H3. The van der Waals surface area contributed by atoms with Gasteiger partial charge in [-0.3, -0.25) is 4.39 Å². The number of hydrogen-bond donors (Lipinski definition) is 0. The molecule has 85 valence electrons. The topological polar surface area (TPSA) is 0 Å². The molecule has 2 fully saturated rings. The number of rotatable bonds is 4. The van der Waals surface area contributed by atoms with Crippen LogP contribution in [0.5, 0.6) is 0 Å². The van der Waals surface area contributed by atoms with E-state index in [2.05, 4.69) is 18.2 Å². The van der Waals surface area contributed by atoms with Gasteiger partial charge in [0, 0.05) is 5.92 Å². The Bertz CT molecular complexity index is 358. The summed E-state index contributed by atoms with van der Waals surface area (Å²) in [6.45, 7) is 1.58. The summed E-state index contributed by atoms with van der Waals surface area (Å²) in [4.78, 5) is 0. The first-order chi connectivity index (χ1) is 7.78. The summed E-state index contributed by atoms with van der Waals surface area (Å²) in [5.74, 6) is 2.42. The van der Waals surface area contributed by atoms with Gasteiger partial charge in [-0.15, -0.1) is 0 Å². The summed E-state index contributed by atoms with van der Waals surface area (Å²) >= 11 is 0. The predicted octanol–water partition coefficient (Wildman–Crippen LogP) is 4.35. The fourth-order valence-electron chi connectivity index (χ4n) is 2.30. The predicted molar refractivity (Wildman–Crippen MR) is 64.4 cm³/mol. The second-order valence-electron chi connectivity index (χ2n) is 5.35. The lowest BCUT2D eigenvalue weighted by Gasteiger charge is -2.12. The van der Waals surface area contributed by atoms with Crippen molar-refractivity contribution < 1.29 is 4.39 Å². The molecule has 0 heterocycles. The molecule has 3 rings (SSSR count). The highest BCUT2D eigenvalue weighted by molar-refractivity contribution is 5.42. The molecule has 0 atom stereocenters. The minimum absolute atomic E-state index is 0.321. The minimum Gasteiger partial charge on any atom is -0.250 e. The smallest absolute Gasteiger partial charge is 0.0997 e. The van der Waals surface area contributed by atoms with Crippen molar-refractivity contribution in [2.75, 3.05) is 6.67 Å². The van der Waals surface area contributed by atoms with Gasteiger partial charge in [-0.25, -0.2) is 0 Å². The molecule has 0 aliphatic heterocycles. The van der Waals surface area contributed by atoms with Gasteiger partial charge in [-0.1, -0.05) is 25.1 Å². The summed E-state index contributed by atoms with van der Waals surface area (Å²) in [6.07, 6.45) is 5.29. The molecular weight excluding hydrogens is 199 g/mol. The van der Waals surface area contributed by atoms with E-state index >= 15 is 0 Å². The molecule has 0 N–H and O–H groups in total. The zero-order chi connectivity index (χ0) is 11.1. The van der Waals surface area contributed by atoms with E-state index in [1.807, 2.05) is 6.92 Å². The maximum absolute atomic E-state index is 12.7. The van der Waals surface area contributed by atoms with Gasteiger partial charge < -0.3 is 0 Å². The van der Waals surface area contributed by atoms with Crippen molar-refractivity contribution in [1.82, 2.24) is 0 Å². The molecule has 0 aromatic heterocycles. The second-order valence-corrected chi connectivity index (χ2v) is 5.35. The molecule has 2 aliphatic carbocycles. The Kier molecular flexibility index (Phi) is 2.49. The monoisotopic (exact) mass is 217 g/mol. The summed E-state index contributed by atoms with van der Waals surface area (Å²) < 4.78 is 12.7. The first-order valence-electron chi connectivity index (χ1n) is 6.31. The third-order valence-corrected chi connectivity index (χ3v) is 3.77. The van der Waals surface area contributed by atoms with Crippen molar-refractivity contribution in [2.45, 2.75) is 44.4 Å². The lowest BCUT2D eigenvalue weighted by molar-refractivity contribution is 0.516. The van der Waals surface area contributed by atoms with Crippen LogP contribution < -0.4 is 0 Å². The van der Waals surface area contributed by atoms with Gasteiger partial charge in [0.15, 0.2) is 0 Å². The van der Waals surface area contributed by atoms with E-state index < -0.39 is 0 Å². The molecule has 0 unspecified atom stereocenters. The van der Waals surface area contributed by atoms with Gasteiger partial charge in [0.1, 0.15) is 0 Å². The molecule has 2 aliphatic rings. The molecule has 0 amide bonds. The Morgan fingerprint density at radius 1 is 1.06 bits per heavy atom. The molecule has 1 aromatic carbocycles. The normalized spacial score (nSPS) is 20.4. The van der Waals surface area contributed by atoms with E-state index in [-0.39, 0.29) is 6.67 Å². The van der Waals surface area contributed by atoms with Gasteiger partial charge >= 0.3 is 0 Å². The van der Waals surface area contributed by atoms with E-state index in [0.29, 0.717) is 0 Å². The number of halogens is 1. The lowest BCUT2D eigenvalue weighted by Crippen LogP contribution is -1.99. The molecule has 0 nitrogen and oxygen atoms in total. The van der Waals surface area contributed by atoms with Gasteiger partial charge in [0.25, 0.3) is 0 Å². The van der Waals surface area contributed by atoms with E-state index in [9.17, 15) is 4.39 Å². The average molecular weight is 217 g/mol. The summed E-state index contributed by atoms with van der Waals surface area (Å²) in [7, 11) is 0. The third-order valence-electron chi connectivity index (χ3n) is 3.77. The van der Waals surface area contributed by atoms with Crippen LogP contribution in [0.2, 0.25) is 0 Å². The fourth-order valence-corrected chi connectivity index (χ4v) is 2.30. The molecule has 1 radical (unpaired) electrons. The average Bonchev–Trinajstić information content (AvgIpc) is 3.20. The minimum atomic E-state index is -0.321. The molecule has 0 saturated heterocycles. The highest BCUT2D eigenvalue weighted by Crippen LogP contribution is 2.45. The quantitative estimate of drug-likeness (QED) is 0.703. The van der Waals surface area contributed by atoms with Crippen LogP contribution in [0.4, 0.5) is 4.39 Å². The van der Waals surface area contributed by atoms with Crippen LogP contribution in [0.1, 0.15) is 61.1 Å². The molecule has 0 spiro atoms. The lowest BCUT2D eigenvalue weighted by atomic mass is 9.94. The fraction of sp³-hybridized carbons (Fsp3) is 0.533. The van der Waals surface area contributed by atoms with Crippen LogP contribution >= 0.6 is 0 Å². The van der Waals surface area contributed by atoms with Crippen LogP contribution in [0.3, 0.4) is 0 Å². The van der Waals surface area contributed by atoms with Crippen molar-refractivity contribution in [1.29, 1.82) is 0 Å². The Morgan fingerprint density at radius 2 is 1.56 bits per heavy atom. The van der Waals surface area contributed by atoms with Gasteiger partial charge in [0.05, 0.1) is 6.67 Å². The summed E-state index contributed by atoms with van der Waals surface area (Å²) in [5, 5.41) is 0. The van der Waals surface area contributed by atoms with Crippen molar-refractivity contribution in [3.63, 3.8) is 0 Å². The SMILES string of the molecule is C[C](CF)c1cc(C2CC2)cc(C2CC2)c1. The zero-order valence-corrected chi connectivity index (χ0v) is 9.80. The maximum atomic E-state index is 12.7. The van der Waals surface area contributed by atoms with Crippen molar-refractivity contribution >= 4 is 0 Å². The molecule has 0 bridgehead atoms. The number of alkyl halides is 1. The second kappa shape index (κ2) is 3.87. The Labute approximate surface area is 96.9 Å². The molecule has 2 saturated carbocycles. The van der Waals surface area contributed by atoms with E-state index in [1.165, 1.54) is 36.8 Å². The Morgan fingerprint density at radius 3 is 1.94 bits per heavy atom. The molecular formula is C15H18F. The number of benzene rings is 1. The molecule has 1 heteroatoms. The summed E-state index contributed by atoms with van der Waals surface area (Å²) in [5.41, 5.74) is 4.04. The van der Waals surface area contributed by atoms with Crippen molar-refractivity contribution in [2.24, 2.45) is 0 Å². The Hall–Kier alpha value is -0.850. The highest BCUT2D eigenvalue weighted by Gasteiger charge is 2.28. The van der Waals surface area contributed by atoms with Crippen molar-refractivity contribution in [3.05, 3.63) is 40.8 Å². The maximum Gasteiger partial charge on any atom is 0.0997 e. The van der Waals surface area contributed by atoms with Crippen molar-refractivity contribution in [3.8, 4) is 0 Å². The first-order valence-corrected chi connectivity index (χ1v) is 6.31. The highest BCUT2D eigenvalue weighted by atomic mass is 19.1. The summed E-state index contributed by atoms with van der Waals surface area (Å²) in [6, 6.07) is 6.78. The van der Waals surface area contributed by atoms with E-state index in [0.717, 1.165) is 23.3 Å². The Balaban J connectivity index is 1.95. The van der Waals surface area contributed by atoms with Crippen LogP contribution in [0.25, 0.3) is 0 Å². The van der Waals surface area contributed by atoms with E-state index in [1.54, 1.807) is 0 Å². The number of hydrogen-bond acceptors (Lipinski definition) is 0. The van der Waals surface area contributed by atoms with E-state index in [4.69, 9.17) is 0 Å². The zero-order valence-electron chi connectivity index (χ0n) is 9.80. The van der Waals surface area contributed by atoms with Crippen LogP contribution in [0.15, 0.2) is 18.2 Å². The molecule has 1 aromatic rings.